The summed E-state index contributed by atoms with van der Waals surface area (Å²) >= 11 is 4.93. The van der Waals surface area contributed by atoms with Crippen molar-refractivity contribution in [2.45, 2.75) is 6.10 Å². The molecule has 0 fully saturated rings. The fraction of sp³-hybridized carbons (Fsp3) is 0.118. The Kier molecular flexibility index (Phi) is 4.54. The third-order valence-electron chi connectivity index (χ3n) is 3.64. The number of hydrogen-bond donors (Lipinski definition) is 4. The molecule has 7 heteroatoms. The van der Waals surface area contributed by atoms with Gasteiger partial charge in [0.05, 0.1) is 17.0 Å². The van der Waals surface area contributed by atoms with E-state index in [0.29, 0.717) is 16.5 Å². The summed E-state index contributed by atoms with van der Waals surface area (Å²) in [7, 11) is 0. The Labute approximate surface area is 142 Å². The first kappa shape index (κ1) is 16.1. The van der Waals surface area contributed by atoms with Gasteiger partial charge in [0.25, 0.3) is 11.5 Å². The van der Waals surface area contributed by atoms with E-state index in [4.69, 9.17) is 12.2 Å². The molecule has 1 amide bonds. The summed E-state index contributed by atoms with van der Waals surface area (Å²) in [6.45, 7) is 0.0895. The fourth-order valence-corrected chi connectivity index (χ4v) is 2.60. The molecule has 0 saturated carbocycles. The molecule has 0 bridgehead atoms. The van der Waals surface area contributed by atoms with E-state index < -0.39 is 6.10 Å². The van der Waals surface area contributed by atoms with E-state index >= 15 is 0 Å². The van der Waals surface area contributed by atoms with Crippen LogP contribution in [0.25, 0.3) is 10.9 Å². The van der Waals surface area contributed by atoms with Gasteiger partial charge in [0.15, 0.2) is 4.77 Å². The van der Waals surface area contributed by atoms with Crippen LogP contribution in [-0.4, -0.2) is 27.5 Å². The molecule has 24 heavy (non-hydrogen) atoms. The molecule has 3 aromatic rings. The van der Waals surface area contributed by atoms with Gasteiger partial charge in [-0.1, -0.05) is 30.3 Å². The second-order valence-electron chi connectivity index (χ2n) is 5.31. The zero-order valence-corrected chi connectivity index (χ0v) is 13.4. The lowest BCUT2D eigenvalue weighted by atomic mass is 10.1. The largest absolute Gasteiger partial charge is 0.387 e. The molecule has 3 rings (SSSR count). The topological polar surface area (TPSA) is 98.0 Å². The van der Waals surface area contributed by atoms with Crippen LogP contribution >= 0.6 is 12.2 Å². The molecule has 0 radical (unpaired) electrons. The maximum Gasteiger partial charge on any atom is 0.259 e. The lowest BCUT2D eigenvalue weighted by Gasteiger charge is -2.12. The van der Waals surface area contributed by atoms with Crippen LogP contribution in [-0.2, 0) is 0 Å². The quantitative estimate of drug-likeness (QED) is 0.546. The van der Waals surface area contributed by atoms with Gasteiger partial charge in [0.1, 0.15) is 0 Å². The molecule has 0 unspecified atom stereocenters. The standard InChI is InChI=1S/C17H15N3O3S/c21-14(10-4-2-1-3-5-10)9-18-15(22)11-6-7-12-13(8-11)19-17(24)20-16(12)23/h1-8,14,21H,9H2,(H,18,22)(H2,19,20,23,24)/t14-/m0/s1. The normalized spacial score (nSPS) is 12.0. The monoisotopic (exact) mass is 341 g/mol. The van der Waals surface area contributed by atoms with Gasteiger partial charge in [-0.2, -0.15) is 0 Å². The molecule has 0 aliphatic heterocycles. The van der Waals surface area contributed by atoms with Gasteiger partial charge >= 0.3 is 0 Å². The highest BCUT2D eigenvalue weighted by Gasteiger charge is 2.11. The fourth-order valence-electron chi connectivity index (χ4n) is 2.40. The number of carbonyl (C=O) groups is 1. The summed E-state index contributed by atoms with van der Waals surface area (Å²) in [5, 5.41) is 13.2. The van der Waals surface area contributed by atoms with Crippen molar-refractivity contribution >= 4 is 29.0 Å². The average molecular weight is 341 g/mol. The molecule has 0 aliphatic carbocycles. The van der Waals surface area contributed by atoms with Gasteiger partial charge < -0.3 is 15.4 Å². The van der Waals surface area contributed by atoms with E-state index in [2.05, 4.69) is 15.3 Å². The van der Waals surface area contributed by atoms with Crippen molar-refractivity contribution in [3.8, 4) is 0 Å². The minimum Gasteiger partial charge on any atom is -0.387 e. The number of amides is 1. The smallest absolute Gasteiger partial charge is 0.259 e. The van der Waals surface area contributed by atoms with Crippen molar-refractivity contribution in [2.24, 2.45) is 0 Å². The van der Waals surface area contributed by atoms with E-state index in [0.717, 1.165) is 5.56 Å². The van der Waals surface area contributed by atoms with E-state index in [1.807, 2.05) is 18.2 Å². The van der Waals surface area contributed by atoms with Crippen molar-refractivity contribution in [3.63, 3.8) is 0 Å². The van der Waals surface area contributed by atoms with Crippen LogP contribution < -0.4 is 10.9 Å². The Bertz CT molecular complexity index is 995. The number of aromatic nitrogens is 2. The maximum atomic E-state index is 12.2. The number of carbonyl (C=O) groups excluding carboxylic acids is 1. The molecule has 6 nitrogen and oxygen atoms in total. The zero-order valence-electron chi connectivity index (χ0n) is 12.6. The highest BCUT2D eigenvalue weighted by Crippen LogP contribution is 2.12. The summed E-state index contributed by atoms with van der Waals surface area (Å²) in [6.07, 6.45) is -0.788. The minimum atomic E-state index is -0.788. The van der Waals surface area contributed by atoms with Crippen molar-refractivity contribution in [1.29, 1.82) is 0 Å². The number of H-pyrrole nitrogens is 2. The Hall–Kier alpha value is -2.77. The van der Waals surface area contributed by atoms with Crippen LogP contribution in [0.15, 0.2) is 53.3 Å². The van der Waals surface area contributed by atoms with Crippen LogP contribution in [0.4, 0.5) is 0 Å². The SMILES string of the molecule is O=C(NC[C@H](O)c1ccccc1)c1ccc2c(=O)[nH]c(=S)[nH]c2c1. The van der Waals surface area contributed by atoms with Crippen LogP contribution in [0.1, 0.15) is 22.0 Å². The number of benzene rings is 2. The highest BCUT2D eigenvalue weighted by atomic mass is 32.1. The molecule has 1 heterocycles. The van der Waals surface area contributed by atoms with Gasteiger partial charge in [-0.15, -0.1) is 0 Å². The third kappa shape index (κ3) is 3.42. The van der Waals surface area contributed by atoms with Crippen LogP contribution in [0.2, 0.25) is 0 Å². The Morgan fingerprint density at radius 3 is 2.67 bits per heavy atom. The summed E-state index contributed by atoms with van der Waals surface area (Å²) < 4.78 is 0.199. The summed E-state index contributed by atoms with van der Waals surface area (Å²) in [6, 6.07) is 13.8. The molecule has 1 atom stereocenters. The molecule has 2 aromatic carbocycles. The molecule has 0 aliphatic rings. The van der Waals surface area contributed by atoms with E-state index in [1.54, 1.807) is 30.3 Å². The Balaban J connectivity index is 1.77. The average Bonchev–Trinajstić information content (AvgIpc) is 2.59. The van der Waals surface area contributed by atoms with Gasteiger partial charge in [-0.05, 0) is 36.0 Å². The second-order valence-corrected chi connectivity index (χ2v) is 5.71. The molecular weight excluding hydrogens is 326 g/mol. The summed E-state index contributed by atoms with van der Waals surface area (Å²) in [5.74, 6) is -0.341. The summed E-state index contributed by atoms with van der Waals surface area (Å²) in [4.78, 5) is 29.4. The zero-order chi connectivity index (χ0) is 17.1. The van der Waals surface area contributed by atoms with Crippen molar-refractivity contribution in [3.05, 3.63) is 74.8 Å². The Morgan fingerprint density at radius 1 is 1.17 bits per heavy atom. The molecular formula is C17H15N3O3S. The van der Waals surface area contributed by atoms with Crippen LogP contribution in [0.3, 0.4) is 0 Å². The van der Waals surface area contributed by atoms with Gasteiger partial charge in [-0.25, -0.2) is 0 Å². The molecule has 1 aromatic heterocycles. The second kappa shape index (κ2) is 6.77. The lowest BCUT2D eigenvalue weighted by molar-refractivity contribution is 0.0916. The molecule has 0 saturated heterocycles. The first-order valence-electron chi connectivity index (χ1n) is 7.32. The van der Waals surface area contributed by atoms with Gasteiger partial charge in [0, 0.05) is 12.1 Å². The van der Waals surface area contributed by atoms with Crippen LogP contribution in [0.5, 0.6) is 0 Å². The van der Waals surface area contributed by atoms with Crippen molar-refractivity contribution < 1.29 is 9.90 Å². The maximum absolute atomic E-state index is 12.2. The number of aromatic amines is 2. The van der Waals surface area contributed by atoms with Gasteiger partial charge in [-0.3, -0.25) is 14.6 Å². The van der Waals surface area contributed by atoms with Gasteiger partial charge in [0.2, 0.25) is 0 Å². The number of hydrogen-bond acceptors (Lipinski definition) is 4. The van der Waals surface area contributed by atoms with E-state index in [1.165, 1.54) is 0 Å². The predicted molar refractivity (Wildman–Crippen MR) is 93.5 cm³/mol. The van der Waals surface area contributed by atoms with Crippen LogP contribution in [0, 0.1) is 4.77 Å². The first-order valence-corrected chi connectivity index (χ1v) is 7.73. The predicted octanol–water partition coefficient (Wildman–Crippen LogP) is 2.05. The molecule has 0 spiro atoms. The number of aliphatic hydroxyl groups is 1. The summed E-state index contributed by atoms with van der Waals surface area (Å²) in [5.41, 5.74) is 1.28. The third-order valence-corrected chi connectivity index (χ3v) is 3.85. The lowest BCUT2D eigenvalue weighted by Crippen LogP contribution is -2.28. The highest BCUT2D eigenvalue weighted by molar-refractivity contribution is 7.71. The first-order chi connectivity index (χ1) is 11.5. The Morgan fingerprint density at radius 2 is 1.92 bits per heavy atom. The minimum absolute atomic E-state index is 0.0895. The van der Waals surface area contributed by atoms with Crippen molar-refractivity contribution in [2.75, 3.05) is 6.54 Å². The van der Waals surface area contributed by atoms with E-state index in [9.17, 15) is 14.7 Å². The number of aliphatic hydroxyl groups excluding tert-OH is 1. The van der Waals surface area contributed by atoms with Crippen molar-refractivity contribution in [1.82, 2.24) is 15.3 Å². The molecule has 122 valence electrons. The number of rotatable bonds is 4. The van der Waals surface area contributed by atoms with E-state index in [-0.39, 0.29) is 22.8 Å². The number of fused-ring (bicyclic) bond motifs is 1. The number of nitrogens with one attached hydrogen (secondary N) is 3. The molecule has 4 N–H and O–H groups in total.